The third-order valence-electron chi connectivity index (χ3n) is 8.71. The van der Waals surface area contributed by atoms with E-state index in [1.807, 2.05) is 18.4 Å². The van der Waals surface area contributed by atoms with Crippen molar-refractivity contribution in [3.8, 4) is 28.4 Å². The highest BCUT2D eigenvalue weighted by atomic mass is 32.2. The number of fused-ring (bicyclic) bond motifs is 3. The number of carbonyl (C=O) groups is 2. The van der Waals surface area contributed by atoms with Crippen molar-refractivity contribution in [1.29, 1.82) is 0 Å². The average molecular weight is 655 g/mol. The van der Waals surface area contributed by atoms with E-state index in [-0.39, 0.29) is 34.4 Å². The molecule has 0 bridgehead atoms. The SMILES string of the molecule is COc1cc2c(c(OC)c1OC)-c1ccc(NC(CCSC)C(=O)NC3CC(C)(C)NC(C)(C)C3)c(=O)cc1C(NC(C)=O)CC2. The van der Waals surface area contributed by atoms with Gasteiger partial charge in [-0.2, -0.15) is 11.8 Å². The number of amides is 2. The van der Waals surface area contributed by atoms with Gasteiger partial charge in [-0.3, -0.25) is 14.4 Å². The molecule has 2 aromatic rings. The summed E-state index contributed by atoms with van der Waals surface area (Å²) in [4.78, 5) is 40.0. The van der Waals surface area contributed by atoms with Gasteiger partial charge in [-0.1, -0.05) is 6.07 Å². The van der Waals surface area contributed by atoms with Crippen molar-refractivity contribution in [2.75, 3.05) is 38.7 Å². The van der Waals surface area contributed by atoms with E-state index < -0.39 is 12.1 Å². The van der Waals surface area contributed by atoms with Gasteiger partial charge in [-0.15, -0.1) is 0 Å². The molecular formula is C35H50N4O6S. The zero-order valence-corrected chi connectivity index (χ0v) is 29.5. The lowest BCUT2D eigenvalue weighted by Crippen LogP contribution is -2.63. The highest BCUT2D eigenvalue weighted by molar-refractivity contribution is 7.98. The van der Waals surface area contributed by atoms with Crippen LogP contribution in [0.1, 0.15) is 77.5 Å². The second-order valence-electron chi connectivity index (χ2n) is 13.6. The number of methoxy groups -OCH3 is 3. The van der Waals surface area contributed by atoms with Crippen LogP contribution in [0.2, 0.25) is 0 Å². The van der Waals surface area contributed by atoms with E-state index in [1.165, 1.54) is 6.92 Å². The Kier molecular flexibility index (Phi) is 11.2. The number of piperidine rings is 1. The first-order chi connectivity index (χ1) is 21.7. The molecule has 2 aromatic carbocycles. The molecule has 46 heavy (non-hydrogen) atoms. The highest BCUT2D eigenvalue weighted by Crippen LogP contribution is 2.50. The second-order valence-corrected chi connectivity index (χ2v) is 14.6. The maximum Gasteiger partial charge on any atom is 0.242 e. The van der Waals surface area contributed by atoms with Crippen LogP contribution in [0.3, 0.4) is 0 Å². The molecule has 0 saturated carbocycles. The Bertz CT molecular complexity index is 1500. The van der Waals surface area contributed by atoms with Crippen LogP contribution in [0.25, 0.3) is 11.1 Å². The molecule has 1 heterocycles. The minimum absolute atomic E-state index is 0.00125. The Hall–Kier alpha value is -3.44. The Balaban J connectivity index is 1.78. The van der Waals surface area contributed by atoms with Gasteiger partial charge < -0.3 is 35.5 Å². The molecule has 2 amide bonds. The van der Waals surface area contributed by atoms with Gasteiger partial charge in [0.25, 0.3) is 0 Å². The summed E-state index contributed by atoms with van der Waals surface area (Å²) in [6.07, 6.45) is 5.32. The maximum atomic E-state index is 13.9. The summed E-state index contributed by atoms with van der Waals surface area (Å²) < 4.78 is 17.2. The van der Waals surface area contributed by atoms with Crippen LogP contribution in [0.5, 0.6) is 17.2 Å². The number of anilines is 1. The molecule has 4 N–H and O–H groups in total. The van der Waals surface area contributed by atoms with Gasteiger partial charge in [0.1, 0.15) is 6.04 Å². The number of rotatable bonds is 11. The molecule has 0 radical (unpaired) electrons. The smallest absolute Gasteiger partial charge is 0.242 e. The van der Waals surface area contributed by atoms with Crippen molar-refractivity contribution in [1.82, 2.24) is 16.0 Å². The summed E-state index contributed by atoms with van der Waals surface area (Å²) in [5, 5.41) is 13.3. The molecule has 0 aromatic heterocycles. The van der Waals surface area contributed by atoms with Gasteiger partial charge in [-0.25, -0.2) is 0 Å². The third-order valence-corrected chi connectivity index (χ3v) is 9.35. The van der Waals surface area contributed by atoms with Crippen molar-refractivity contribution < 1.29 is 23.8 Å². The first-order valence-corrected chi connectivity index (χ1v) is 17.2. The molecule has 2 aliphatic rings. The molecule has 1 saturated heterocycles. The first kappa shape index (κ1) is 35.4. The van der Waals surface area contributed by atoms with Crippen molar-refractivity contribution in [3.63, 3.8) is 0 Å². The number of ether oxygens (including phenoxy) is 3. The lowest BCUT2D eigenvalue weighted by atomic mass is 9.79. The van der Waals surface area contributed by atoms with E-state index in [1.54, 1.807) is 45.2 Å². The van der Waals surface area contributed by atoms with Crippen molar-refractivity contribution >= 4 is 29.3 Å². The summed E-state index contributed by atoms with van der Waals surface area (Å²) in [5.41, 5.74) is 2.92. The van der Waals surface area contributed by atoms with Crippen LogP contribution in [0.15, 0.2) is 29.1 Å². The van der Waals surface area contributed by atoms with Crippen LogP contribution in [-0.2, 0) is 16.0 Å². The molecule has 252 valence electrons. The molecule has 1 aliphatic heterocycles. The zero-order chi connectivity index (χ0) is 33.8. The van der Waals surface area contributed by atoms with E-state index in [2.05, 4.69) is 49.0 Å². The number of aryl methyl sites for hydroxylation is 1. The van der Waals surface area contributed by atoms with Gasteiger partial charge in [0, 0.05) is 29.6 Å². The van der Waals surface area contributed by atoms with E-state index in [9.17, 15) is 14.4 Å². The largest absolute Gasteiger partial charge is 0.493 e. The maximum absolute atomic E-state index is 13.9. The number of hydrogen-bond acceptors (Lipinski definition) is 9. The van der Waals surface area contributed by atoms with Crippen LogP contribution in [-0.4, -0.2) is 68.3 Å². The molecule has 2 atom stereocenters. The highest BCUT2D eigenvalue weighted by Gasteiger charge is 2.39. The molecule has 4 rings (SSSR count). The van der Waals surface area contributed by atoms with Gasteiger partial charge >= 0.3 is 0 Å². The number of thioether (sulfide) groups is 1. The molecule has 2 unspecified atom stereocenters. The minimum Gasteiger partial charge on any atom is -0.493 e. The van der Waals surface area contributed by atoms with E-state index in [0.29, 0.717) is 47.8 Å². The number of benzene rings is 1. The zero-order valence-electron chi connectivity index (χ0n) is 28.6. The minimum atomic E-state index is -0.610. The second kappa shape index (κ2) is 14.5. The Labute approximate surface area is 277 Å². The van der Waals surface area contributed by atoms with Crippen molar-refractivity contribution in [3.05, 3.63) is 45.6 Å². The van der Waals surface area contributed by atoms with Crippen LogP contribution in [0, 0.1) is 0 Å². The third kappa shape index (κ3) is 8.09. The predicted octanol–water partition coefficient (Wildman–Crippen LogP) is 4.82. The predicted molar refractivity (Wildman–Crippen MR) is 186 cm³/mol. The van der Waals surface area contributed by atoms with E-state index in [0.717, 1.165) is 35.3 Å². The standard InChI is InChI=1S/C35H50N4O6S/c1-20(40)36-25-12-10-21-16-29(43-6)31(44-7)32(45-8)30(21)23-11-13-26(28(41)17-24(23)25)38-27(14-15-46-9)33(42)37-22-18-34(2,3)39-35(4,5)19-22/h11,13,16-17,22,25,27,39H,10,12,14-15,18-19H2,1-9H3,(H,36,40)(H,37,42)(H,38,41). The Morgan fingerprint density at radius 1 is 1.00 bits per heavy atom. The number of hydrogen-bond donors (Lipinski definition) is 4. The summed E-state index contributed by atoms with van der Waals surface area (Å²) in [7, 11) is 4.70. The normalized spacial score (nSPS) is 19.0. The van der Waals surface area contributed by atoms with Gasteiger partial charge in [-0.05, 0) is 107 Å². The fourth-order valence-corrected chi connectivity index (χ4v) is 7.72. The molecular weight excluding hydrogens is 604 g/mol. The molecule has 11 heteroatoms. The quantitative estimate of drug-likeness (QED) is 0.270. The van der Waals surface area contributed by atoms with Crippen molar-refractivity contribution in [2.24, 2.45) is 0 Å². The molecule has 1 fully saturated rings. The van der Waals surface area contributed by atoms with Crippen molar-refractivity contribution in [2.45, 2.75) is 95.9 Å². The molecule has 0 spiro atoms. The summed E-state index contributed by atoms with van der Waals surface area (Å²) in [6.45, 7) is 10.1. The van der Waals surface area contributed by atoms with Gasteiger partial charge in [0.15, 0.2) is 11.5 Å². The van der Waals surface area contributed by atoms with Crippen LogP contribution < -0.4 is 40.9 Å². The monoisotopic (exact) mass is 654 g/mol. The van der Waals surface area contributed by atoms with Crippen LogP contribution >= 0.6 is 11.8 Å². The topological polar surface area (TPSA) is 127 Å². The molecule has 10 nitrogen and oxygen atoms in total. The van der Waals surface area contributed by atoms with Gasteiger partial charge in [0.05, 0.1) is 33.1 Å². The molecule has 1 aliphatic carbocycles. The number of nitrogens with one attached hydrogen (secondary N) is 4. The average Bonchev–Trinajstić information content (AvgIpc) is 3.20. The van der Waals surface area contributed by atoms with Gasteiger partial charge in [0.2, 0.25) is 23.0 Å². The van der Waals surface area contributed by atoms with E-state index in [4.69, 9.17) is 14.2 Å². The Morgan fingerprint density at radius 2 is 1.67 bits per heavy atom. The fraction of sp³-hybridized carbons (Fsp3) is 0.571. The number of carbonyl (C=O) groups excluding carboxylic acids is 2. The summed E-state index contributed by atoms with van der Waals surface area (Å²) in [6, 6.07) is 6.07. The lowest BCUT2D eigenvalue weighted by molar-refractivity contribution is -0.123. The first-order valence-electron chi connectivity index (χ1n) is 15.8. The fourth-order valence-electron chi connectivity index (χ4n) is 7.25. The van der Waals surface area contributed by atoms with E-state index >= 15 is 0 Å². The summed E-state index contributed by atoms with van der Waals surface area (Å²) in [5.74, 6) is 1.89. The Morgan fingerprint density at radius 3 is 2.26 bits per heavy atom. The summed E-state index contributed by atoms with van der Waals surface area (Å²) >= 11 is 1.65. The lowest BCUT2D eigenvalue weighted by Gasteiger charge is -2.46. The van der Waals surface area contributed by atoms with Crippen LogP contribution in [0.4, 0.5) is 5.69 Å².